The summed E-state index contributed by atoms with van der Waals surface area (Å²) in [4.78, 5) is 0.116. The smallest absolute Gasteiger partial charge is 0.216 e. The third-order valence-electron chi connectivity index (χ3n) is 2.56. The molecule has 1 unspecified atom stereocenters. The molecule has 0 bridgehead atoms. The van der Waals surface area contributed by atoms with Gasteiger partial charge in [0.15, 0.2) is 0 Å². The number of sulfonamides is 1. The van der Waals surface area contributed by atoms with Crippen LogP contribution in [0, 0.1) is 0 Å². The van der Waals surface area contributed by atoms with Crippen LogP contribution in [-0.2, 0) is 25.6 Å². The molecule has 0 aliphatic carbocycles. The zero-order valence-corrected chi connectivity index (χ0v) is 14.2. The lowest BCUT2D eigenvalue weighted by Gasteiger charge is -2.14. The molecule has 0 aliphatic heterocycles. The van der Waals surface area contributed by atoms with E-state index in [2.05, 4.69) is 4.72 Å². The Hall–Kier alpha value is -1.03. The molecule has 3 N–H and O–H groups in total. The third kappa shape index (κ3) is 6.51. The lowest BCUT2D eigenvalue weighted by molar-refractivity contribution is 0.564. The number of rotatable bonds is 7. The Balaban J connectivity index is 2.89. The van der Waals surface area contributed by atoms with E-state index in [1.165, 1.54) is 6.92 Å². The second kappa shape index (κ2) is 6.82. The molecule has 0 saturated heterocycles. The van der Waals surface area contributed by atoms with Crippen LogP contribution in [0.4, 0.5) is 0 Å². The predicted octanol–water partition coefficient (Wildman–Crippen LogP) is 0.173. The summed E-state index contributed by atoms with van der Waals surface area (Å²) in [5.41, 5.74) is 6.52. The van der Waals surface area contributed by atoms with Crippen molar-refractivity contribution in [3.8, 4) is 0 Å². The Kier molecular flexibility index (Phi) is 5.85. The fraction of sp³-hybridized carbons (Fsp3) is 0.417. The van der Waals surface area contributed by atoms with E-state index < -0.39 is 25.9 Å². The van der Waals surface area contributed by atoms with E-state index >= 15 is 0 Å². The minimum Gasteiger partial charge on any atom is -0.389 e. The number of nitrogens with one attached hydrogen (secondary N) is 1. The molecule has 1 atom stereocenters. The summed E-state index contributed by atoms with van der Waals surface area (Å²) >= 11 is 4.88. The van der Waals surface area contributed by atoms with E-state index in [1.807, 2.05) is 0 Å². The van der Waals surface area contributed by atoms with Crippen molar-refractivity contribution in [2.45, 2.75) is 18.7 Å². The maximum Gasteiger partial charge on any atom is 0.216 e. The van der Waals surface area contributed by atoms with Gasteiger partial charge < -0.3 is 5.73 Å². The third-order valence-corrected chi connectivity index (χ3v) is 5.34. The fourth-order valence-corrected chi connectivity index (χ4v) is 4.66. The van der Waals surface area contributed by atoms with Gasteiger partial charge in [0.05, 0.1) is 11.5 Å². The largest absolute Gasteiger partial charge is 0.389 e. The first-order valence-corrected chi connectivity index (χ1v) is 10.2. The highest BCUT2D eigenvalue weighted by atomic mass is 32.2. The van der Waals surface area contributed by atoms with Gasteiger partial charge in [0.1, 0.15) is 14.8 Å². The molecule has 0 fully saturated rings. The van der Waals surface area contributed by atoms with Gasteiger partial charge in [-0.3, -0.25) is 0 Å². The molecule has 0 aromatic heterocycles. The highest BCUT2D eigenvalue weighted by molar-refractivity contribution is 7.91. The second-order valence-corrected chi connectivity index (χ2v) is 9.27. The van der Waals surface area contributed by atoms with E-state index in [1.54, 1.807) is 24.3 Å². The fourth-order valence-electron chi connectivity index (χ4n) is 1.93. The second-order valence-electron chi connectivity index (χ2n) is 4.89. The zero-order chi connectivity index (χ0) is 16.3. The van der Waals surface area contributed by atoms with E-state index in [0.29, 0.717) is 11.1 Å². The average molecular weight is 350 g/mol. The Bertz CT molecular complexity index is 727. The first-order valence-electron chi connectivity index (χ1n) is 6.05. The SMILES string of the molecule is CC(CS(C)(=O)=O)NS(=O)(=O)Cc1ccccc1C(N)=S. The Morgan fingerprint density at radius 3 is 2.38 bits per heavy atom. The molecule has 0 amide bonds. The van der Waals surface area contributed by atoms with Crippen LogP contribution in [0.1, 0.15) is 18.1 Å². The summed E-state index contributed by atoms with van der Waals surface area (Å²) in [6.07, 6.45) is 1.06. The topological polar surface area (TPSA) is 106 Å². The van der Waals surface area contributed by atoms with Gasteiger partial charge in [-0.2, -0.15) is 0 Å². The number of sulfone groups is 1. The number of thiocarbonyl (C=S) groups is 1. The van der Waals surface area contributed by atoms with Crippen LogP contribution in [0.3, 0.4) is 0 Å². The maximum absolute atomic E-state index is 12.1. The van der Waals surface area contributed by atoms with Crippen LogP contribution in [0.2, 0.25) is 0 Å². The molecule has 6 nitrogen and oxygen atoms in total. The summed E-state index contributed by atoms with van der Waals surface area (Å²) in [6.45, 7) is 1.50. The number of hydrogen-bond acceptors (Lipinski definition) is 5. The number of benzene rings is 1. The molecule has 21 heavy (non-hydrogen) atoms. The highest BCUT2D eigenvalue weighted by Crippen LogP contribution is 2.12. The first kappa shape index (κ1) is 18.0. The molecular weight excluding hydrogens is 332 g/mol. The Morgan fingerprint density at radius 1 is 1.29 bits per heavy atom. The van der Waals surface area contributed by atoms with Crippen LogP contribution < -0.4 is 10.5 Å². The van der Waals surface area contributed by atoms with Crippen molar-refractivity contribution in [2.24, 2.45) is 5.73 Å². The van der Waals surface area contributed by atoms with Crippen molar-refractivity contribution >= 4 is 37.1 Å². The molecule has 0 aliphatic rings. The van der Waals surface area contributed by atoms with E-state index in [4.69, 9.17) is 18.0 Å². The van der Waals surface area contributed by atoms with Gasteiger partial charge in [0, 0.05) is 17.9 Å². The van der Waals surface area contributed by atoms with E-state index in [-0.39, 0.29) is 16.5 Å². The van der Waals surface area contributed by atoms with Gasteiger partial charge in [-0.25, -0.2) is 21.6 Å². The monoisotopic (exact) mass is 350 g/mol. The van der Waals surface area contributed by atoms with Crippen molar-refractivity contribution in [1.82, 2.24) is 4.72 Å². The molecular formula is C12H18N2O4S3. The van der Waals surface area contributed by atoms with Crippen LogP contribution in [0.5, 0.6) is 0 Å². The minimum absolute atomic E-state index is 0.116. The molecule has 1 rings (SSSR count). The van der Waals surface area contributed by atoms with Crippen LogP contribution in [-0.4, -0.2) is 39.9 Å². The summed E-state index contributed by atoms with van der Waals surface area (Å²) < 4.78 is 48.8. The van der Waals surface area contributed by atoms with E-state index in [9.17, 15) is 16.8 Å². The maximum atomic E-state index is 12.1. The normalized spacial score (nSPS) is 13.8. The van der Waals surface area contributed by atoms with E-state index in [0.717, 1.165) is 6.26 Å². The molecule has 1 aromatic rings. The summed E-state index contributed by atoms with van der Waals surface area (Å²) in [5, 5.41) is 0. The molecule has 118 valence electrons. The Labute approximate surface area is 130 Å². The quantitative estimate of drug-likeness (QED) is 0.679. The lowest BCUT2D eigenvalue weighted by Crippen LogP contribution is -2.38. The van der Waals surface area contributed by atoms with Gasteiger partial charge in [0.25, 0.3) is 0 Å². The van der Waals surface area contributed by atoms with Crippen LogP contribution >= 0.6 is 12.2 Å². The Morgan fingerprint density at radius 2 is 1.86 bits per heavy atom. The van der Waals surface area contributed by atoms with Gasteiger partial charge in [-0.1, -0.05) is 36.5 Å². The lowest BCUT2D eigenvalue weighted by atomic mass is 10.1. The average Bonchev–Trinajstić information content (AvgIpc) is 2.24. The number of nitrogens with two attached hydrogens (primary N) is 1. The van der Waals surface area contributed by atoms with Crippen molar-refractivity contribution in [3.05, 3.63) is 35.4 Å². The van der Waals surface area contributed by atoms with Crippen molar-refractivity contribution in [2.75, 3.05) is 12.0 Å². The standard InChI is InChI=1S/C12H18N2O4S3/c1-9(7-20(2,15)16)14-21(17,18)8-10-5-3-4-6-11(10)12(13)19/h3-6,9,14H,7-8H2,1-2H3,(H2,13,19). The zero-order valence-electron chi connectivity index (χ0n) is 11.7. The van der Waals surface area contributed by atoms with Gasteiger partial charge in [0.2, 0.25) is 10.0 Å². The minimum atomic E-state index is -3.69. The summed E-state index contributed by atoms with van der Waals surface area (Å²) in [7, 11) is -6.95. The molecule has 9 heteroatoms. The first-order chi connectivity index (χ1) is 9.50. The summed E-state index contributed by atoms with van der Waals surface area (Å²) in [5.74, 6) is -0.572. The van der Waals surface area contributed by atoms with Crippen molar-refractivity contribution < 1.29 is 16.8 Å². The molecule has 1 aromatic carbocycles. The summed E-state index contributed by atoms with van der Waals surface area (Å²) in [6, 6.07) is 5.96. The van der Waals surface area contributed by atoms with Crippen molar-refractivity contribution in [1.29, 1.82) is 0 Å². The highest BCUT2D eigenvalue weighted by Gasteiger charge is 2.20. The van der Waals surface area contributed by atoms with Crippen LogP contribution in [0.25, 0.3) is 0 Å². The predicted molar refractivity (Wildman–Crippen MR) is 87.3 cm³/mol. The molecule has 0 saturated carbocycles. The van der Waals surface area contributed by atoms with Crippen molar-refractivity contribution in [3.63, 3.8) is 0 Å². The molecule has 0 heterocycles. The molecule has 0 radical (unpaired) electrons. The number of hydrogen-bond donors (Lipinski definition) is 2. The van der Waals surface area contributed by atoms with Gasteiger partial charge >= 0.3 is 0 Å². The van der Waals surface area contributed by atoms with Crippen LogP contribution in [0.15, 0.2) is 24.3 Å². The van der Waals surface area contributed by atoms with Gasteiger partial charge in [-0.15, -0.1) is 0 Å². The molecule has 0 spiro atoms. The van der Waals surface area contributed by atoms with Gasteiger partial charge in [-0.05, 0) is 12.5 Å².